The fraction of sp³-hybridized carbons (Fsp3) is 0.846. The number of carbonyl (C=O) groups excluding carboxylic acids is 1. The summed E-state index contributed by atoms with van der Waals surface area (Å²) in [7, 11) is 0. The summed E-state index contributed by atoms with van der Waals surface area (Å²) in [5.74, 6) is -0.918. The van der Waals surface area contributed by atoms with Crippen LogP contribution in [0, 0.1) is 0 Å². The van der Waals surface area contributed by atoms with E-state index in [4.69, 9.17) is 5.11 Å². The van der Waals surface area contributed by atoms with E-state index >= 15 is 0 Å². The van der Waals surface area contributed by atoms with Crippen LogP contribution in [-0.4, -0.2) is 53.2 Å². The number of nitrogens with one attached hydrogen (secondary N) is 2. The summed E-state index contributed by atoms with van der Waals surface area (Å²) < 4.78 is 0. The van der Waals surface area contributed by atoms with E-state index in [1.807, 2.05) is 0 Å². The maximum absolute atomic E-state index is 11.8. The number of hydrogen-bond acceptors (Lipinski definition) is 3. The van der Waals surface area contributed by atoms with Crippen LogP contribution >= 0.6 is 0 Å². The molecular formula is C13H25N3O3. The van der Waals surface area contributed by atoms with E-state index in [0.717, 1.165) is 19.5 Å². The molecule has 2 amide bonds. The third kappa shape index (κ3) is 5.46. The summed E-state index contributed by atoms with van der Waals surface area (Å²) in [6.07, 6.45) is 2.18. The average Bonchev–Trinajstić information content (AvgIpc) is 2.70. The number of hydrogen-bond donors (Lipinski definition) is 3. The summed E-state index contributed by atoms with van der Waals surface area (Å²) in [5, 5.41) is 14.3. The Labute approximate surface area is 114 Å². The first-order valence-electron chi connectivity index (χ1n) is 6.86. The first-order valence-corrected chi connectivity index (χ1v) is 6.86. The van der Waals surface area contributed by atoms with E-state index in [1.54, 1.807) is 13.8 Å². The Kier molecular flexibility index (Phi) is 5.60. The van der Waals surface area contributed by atoms with Crippen molar-refractivity contribution in [2.45, 2.75) is 51.6 Å². The molecule has 110 valence electrons. The molecule has 1 saturated heterocycles. The number of nitrogens with zero attached hydrogens (tertiary/aromatic N) is 1. The highest BCUT2D eigenvalue weighted by molar-refractivity contribution is 5.76. The van der Waals surface area contributed by atoms with Crippen molar-refractivity contribution in [3.8, 4) is 0 Å². The first-order chi connectivity index (χ1) is 8.84. The molecule has 6 heteroatoms. The van der Waals surface area contributed by atoms with Gasteiger partial charge in [-0.3, -0.25) is 9.69 Å². The number of amides is 2. The van der Waals surface area contributed by atoms with E-state index < -0.39 is 11.5 Å². The molecule has 6 nitrogen and oxygen atoms in total. The van der Waals surface area contributed by atoms with E-state index in [1.165, 1.54) is 6.42 Å². The molecule has 1 aliphatic heterocycles. The summed E-state index contributed by atoms with van der Waals surface area (Å²) in [5.41, 5.74) is -0.740. The number of aliphatic carboxylic acids is 1. The summed E-state index contributed by atoms with van der Waals surface area (Å²) in [6, 6.07) is 0.104. The summed E-state index contributed by atoms with van der Waals surface area (Å²) in [6.45, 7) is 8.23. The third-order valence-electron chi connectivity index (χ3n) is 3.45. The Morgan fingerprint density at radius 3 is 2.68 bits per heavy atom. The molecule has 0 spiro atoms. The van der Waals surface area contributed by atoms with Gasteiger partial charge in [-0.2, -0.15) is 0 Å². The monoisotopic (exact) mass is 271 g/mol. The van der Waals surface area contributed by atoms with Gasteiger partial charge in [0.2, 0.25) is 0 Å². The molecule has 1 heterocycles. The highest BCUT2D eigenvalue weighted by atomic mass is 16.4. The highest BCUT2D eigenvalue weighted by Crippen LogP contribution is 2.15. The number of carboxylic acid groups (broad SMARTS) is 1. The van der Waals surface area contributed by atoms with Gasteiger partial charge in [0.15, 0.2) is 0 Å². The van der Waals surface area contributed by atoms with Crippen LogP contribution in [-0.2, 0) is 4.79 Å². The van der Waals surface area contributed by atoms with Crippen LogP contribution in [0.5, 0.6) is 0 Å². The normalized spacial score (nSPS) is 20.3. The van der Waals surface area contributed by atoms with E-state index in [-0.39, 0.29) is 12.5 Å². The van der Waals surface area contributed by atoms with Gasteiger partial charge in [0.1, 0.15) is 0 Å². The van der Waals surface area contributed by atoms with E-state index in [2.05, 4.69) is 22.5 Å². The van der Waals surface area contributed by atoms with Crippen LogP contribution in [0.2, 0.25) is 0 Å². The fourth-order valence-corrected chi connectivity index (χ4v) is 2.53. The van der Waals surface area contributed by atoms with Gasteiger partial charge in [-0.1, -0.05) is 6.92 Å². The zero-order chi connectivity index (χ0) is 14.5. The Bertz CT molecular complexity index is 331. The van der Waals surface area contributed by atoms with Crippen molar-refractivity contribution in [1.82, 2.24) is 15.5 Å². The van der Waals surface area contributed by atoms with E-state index in [0.29, 0.717) is 12.6 Å². The highest BCUT2D eigenvalue weighted by Gasteiger charge is 2.26. The molecule has 1 atom stereocenters. The third-order valence-corrected chi connectivity index (χ3v) is 3.45. The lowest BCUT2D eigenvalue weighted by Crippen LogP contribution is -2.51. The van der Waals surface area contributed by atoms with Crippen molar-refractivity contribution in [3.05, 3.63) is 0 Å². The van der Waals surface area contributed by atoms with Crippen molar-refractivity contribution < 1.29 is 14.7 Å². The quantitative estimate of drug-likeness (QED) is 0.674. The van der Waals surface area contributed by atoms with Crippen molar-refractivity contribution in [2.75, 3.05) is 19.6 Å². The number of carbonyl (C=O) groups is 2. The lowest BCUT2D eigenvalue weighted by Gasteiger charge is -2.26. The van der Waals surface area contributed by atoms with Crippen LogP contribution in [0.4, 0.5) is 4.79 Å². The molecule has 1 fully saturated rings. The summed E-state index contributed by atoms with van der Waals surface area (Å²) >= 11 is 0. The molecule has 0 saturated carbocycles. The van der Waals surface area contributed by atoms with Gasteiger partial charge in [0.05, 0.1) is 6.42 Å². The second-order valence-corrected chi connectivity index (χ2v) is 5.71. The minimum absolute atomic E-state index is 0.0923. The van der Waals surface area contributed by atoms with Crippen molar-refractivity contribution in [1.29, 1.82) is 0 Å². The van der Waals surface area contributed by atoms with Crippen LogP contribution in [0.3, 0.4) is 0 Å². The van der Waals surface area contributed by atoms with Crippen molar-refractivity contribution >= 4 is 12.0 Å². The van der Waals surface area contributed by atoms with Gasteiger partial charge >= 0.3 is 12.0 Å². The van der Waals surface area contributed by atoms with Gasteiger partial charge in [-0.05, 0) is 39.8 Å². The Balaban J connectivity index is 2.33. The van der Waals surface area contributed by atoms with Gasteiger partial charge in [0, 0.05) is 18.1 Å². The van der Waals surface area contributed by atoms with Gasteiger partial charge in [-0.15, -0.1) is 0 Å². The number of carboxylic acids is 1. The lowest BCUT2D eigenvalue weighted by molar-refractivity contribution is -0.138. The number of likely N-dealkylation sites (N-methyl/N-ethyl adjacent to an activating group) is 1. The number of rotatable bonds is 6. The molecule has 0 radical (unpaired) electrons. The van der Waals surface area contributed by atoms with Crippen molar-refractivity contribution in [3.63, 3.8) is 0 Å². The van der Waals surface area contributed by atoms with Gasteiger partial charge < -0.3 is 15.7 Å². The molecule has 19 heavy (non-hydrogen) atoms. The molecule has 1 unspecified atom stereocenters. The molecule has 0 aromatic heterocycles. The zero-order valence-electron chi connectivity index (χ0n) is 12.0. The largest absolute Gasteiger partial charge is 0.481 e. The second kappa shape index (κ2) is 6.75. The average molecular weight is 271 g/mol. The minimum Gasteiger partial charge on any atom is -0.481 e. The molecule has 0 aliphatic carbocycles. The molecule has 1 rings (SSSR count). The van der Waals surface area contributed by atoms with Crippen LogP contribution in [0.1, 0.15) is 40.0 Å². The van der Waals surface area contributed by atoms with Gasteiger partial charge in [0.25, 0.3) is 0 Å². The predicted octanol–water partition coefficient (Wildman–Crippen LogP) is 1.02. The lowest BCUT2D eigenvalue weighted by atomic mass is 10.0. The Morgan fingerprint density at radius 1 is 1.42 bits per heavy atom. The molecule has 0 bridgehead atoms. The maximum atomic E-state index is 11.8. The number of urea groups is 1. The van der Waals surface area contributed by atoms with Crippen LogP contribution in [0.25, 0.3) is 0 Å². The smallest absolute Gasteiger partial charge is 0.315 e. The molecule has 1 aliphatic rings. The fourth-order valence-electron chi connectivity index (χ4n) is 2.53. The minimum atomic E-state index is -0.918. The molecular weight excluding hydrogens is 246 g/mol. The predicted molar refractivity (Wildman–Crippen MR) is 73.1 cm³/mol. The number of likely N-dealkylation sites (tertiary alicyclic amines) is 1. The first kappa shape index (κ1) is 15.8. The van der Waals surface area contributed by atoms with Crippen LogP contribution < -0.4 is 10.6 Å². The van der Waals surface area contributed by atoms with Crippen LogP contribution in [0.15, 0.2) is 0 Å². The van der Waals surface area contributed by atoms with E-state index in [9.17, 15) is 9.59 Å². The Morgan fingerprint density at radius 2 is 2.11 bits per heavy atom. The van der Waals surface area contributed by atoms with Gasteiger partial charge in [-0.25, -0.2) is 4.79 Å². The topological polar surface area (TPSA) is 81.7 Å². The standard InChI is InChI=1S/C13H25N3O3/c1-4-16-7-5-6-10(16)9-14-12(19)15-13(2,3)8-11(17)18/h10H,4-9H2,1-3H3,(H,17,18)(H2,14,15,19). The van der Waals surface area contributed by atoms with Crippen molar-refractivity contribution in [2.24, 2.45) is 0 Å². The maximum Gasteiger partial charge on any atom is 0.315 e. The molecule has 0 aromatic carbocycles. The second-order valence-electron chi connectivity index (χ2n) is 5.71. The molecule has 0 aromatic rings. The molecule has 3 N–H and O–H groups in total. The Hall–Kier alpha value is -1.30. The zero-order valence-corrected chi connectivity index (χ0v) is 12.0. The summed E-state index contributed by atoms with van der Waals surface area (Å²) in [4.78, 5) is 24.8. The SMILES string of the molecule is CCN1CCCC1CNC(=O)NC(C)(C)CC(=O)O.